The van der Waals surface area contributed by atoms with E-state index < -0.39 is 0 Å². The van der Waals surface area contributed by atoms with Gasteiger partial charge in [-0.2, -0.15) is 0 Å². The maximum Gasteiger partial charge on any atom is 0.234 e. The Kier molecular flexibility index (Phi) is 6.55. The lowest BCUT2D eigenvalue weighted by Gasteiger charge is -2.20. The molecule has 18 heavy (non-hydrogen) atoms. The Labute approximate surface area is 108 Å². The SMILES string of the molecule is C#CCNC(=O)CN(CCN)Cc1ccccc1. The standard InChI is InChI=1S/C14H19N3O/c1-2-9-16-14(18)12-17(10-8-15)11-13-6-4-3-5-7-13/h1,3-7H,8-12,15H2,(H,16,18). The van der Waals surface area contributed by atoms with Crippen molar-refractivity contribution in [1.29, 1.82) is 0 Å². The number of benzene rings is 1. The summed E-state index contributed by atoms with van der Waals surface area (Å²) in [5.41, 5.74) is 6.72. The van der Waals surface area contributed by atoms with Crippen LogP contribution in [0.15, 0.2) is 30.3 Å². The molecule has 0 fully saturated rings. The number of nitrogens with one attached hydrogen (secondary N) is 1. The first kappa shape index (κ1) is 14.2. The van der Waals surface area contributed by atoms with Crippen LogP contribution in [0, 0.1) is 12.3 Å². The van der Waals surface area contributed by atoms with Gasteiger partial charge in [-0.25, -0.2) is 0 Å². The van der Waals surface area contributed by atoms with Crippen LogP contribution in [0.5, 0.6) is 0 Å². The third kappa shape index (κ3) is 5.48. The van der Waals surface area contributed by atoms with E-state index in [0.717, 1.165) is 5.56 Å². The van der Waals surface area contributed by atoms with E-state index in [9.17, 15) is 4.79 Å². The second kappa shape index (κ2) is 8.29. The molecule has 0 heterocycles. The zero-order valence-electron chi connectivity index (χ0n) is 10.4. The van der Waals surface area contributed by atoms with Crippen molar-refractivity contribution in [3.8, 4) is 12.3 Å². The molecule has 0 saturated carbocycles. The van der Waals surface area contributed by atoms with E-state index in [-0.39, 0.29) is 12.5 Å². The molecule has 4 nitrogen and oxygen atoms in total. The number of nitrogens with zero attached hydrogens (tertiary/aromatic N) is 1. The zero-order valence-corrected chi connectivity index (χ0v) is 10.4. The Morgan fingerprint density at radius 1 is 1.39 bits per heavy atom. The molecular weight excluding hydrogens is 226 g/mol. The van der Waals surface area contributed by atoms with Crippen molar-refractivity contribution >= 4 is 5.91 Å². The van der Waals surface area contributed by atoms with Gasteiger partial charge in [0.05, 0.1) is 13.1 Å². The van der Waals surface area contributed by atoms with E-state index in [2.05, 4.69) is 11.2 Å². The van der Waals surface area contributed by atoms with Crippen LogP contribution in [0.4, 0.5) is 0 Å². The minimum Gasteiger partial charge on any atom is -0.344 e. The van der Waals surface area contributed by atoms with Crippen LogP contribution in [0.25, 0.3) is 0 Å². The van der Waals surface area contributed by atoms with E-state index in [1.165, 1.54) is 0 Å². The fourth-order valence-electron chi connectivity index (χ4n) is 1.65. The normalized spacial score (nSPS) is 10.1. The molecule has 0 spiro atoms. The lowest BCUT2D eigenvalue weighted by Crippen LogP contribution is -2.39. The van der Waals surface area contributed by atoms with E-state index in [0.29, 0.717) is 26.2 Å². The van der Waals surface area contributed by atoms with E-state index in [4.69, 9.17) is 12.2 Å². The van der Waals surface area contributed by atoms with Gasteiger partial charge < -0.3 is 11.1 Å². The van der Waals surface area contributed by atoms with Crippen LogP contribution in [0.1, 0.15) is 5.56 Å². The highest BCUT2D eigenvalue weighted by molar-refractivity contribution is 5.78. The summed E-state index contributed by atoms with van der Waals surface area (Å²) in [5.74, 6) is 2.31. The predicted octanol–water partition coefficient (Wildman–Crippen LogP) is 0.197. The maximum absolute atomic E-state index is 11.6. The maximum atomic E-state index is 11.6. The summed E-state index contributed by atoms with van der Waals surface area (Å²) >= 11 is 0. The van der Waals surface area contributed by atoms with E-state index in [1.54, 1.807) is 0 Å². The van der Waals surface area contributed by atoms with Crippen LogP contribution < -0.4 is 11.1 Å². The van der Waals surface area contributed by atoms with Crippen LogP contribution in [0.3, 0.4) is 0 Å². The smallest absolute Gasteiger partial charge is 0.234 e. The molecule has 0 aliphatic heterocycles. The molecule has 1 aromatic carbocycles. The molecule has 0 saturated heterocycles. The van der Waals surface area contributed by atoms with Gasteiger partial charge in [-0.3, -0.25) is 9.69 Å². The third-order valence-corrected chi connectivity index (χ3v) is 2.45. The summed E-state index contributed by atoms with van der Waals surface area (Å²) in [7, 11) is 0. The first-order chi connectivity index (χ1) is 8.76. The van der Waals surface area contributed by atoms with Gasteiger partial charge in [0.2, 0.25) is 5.91 Å². The average Bonchev–Trinajstić information content (AvgIpc) is 2.38. The Morgan fingerprint density at radius 2 is 2.11 bits per heavy atom. The molecule has 1 amide bonds. The lowest BCUT2D eigenvalue weighted by atomic mass is 10.2. The van der Waals surface area contributed by atoms with E-state index >= 15 is 0 Å². The van der Waals surface area contributed by atoms with Gasteiger partial charge in [-0.15, -0.1) is 6.42 Å². The molecule has 0 aliphatic rings. The number of amides is 1. The van der Waals surface area contributed by atoms with Crippen molar-refractivity contribution < 1.29 is 4.79 Å². The summed E-state index contributed by atoms with van der Waals surface area (Å²) in [4.78, 5) is 13.6. The molecule has 1 rings (SSSR count). The molecule has 3 N–H and O–H groups in total. The van der Waals surface area contributed by atoms with Gasteiger partial charge in [0, 0.05) is 19.6 Å². The molecule has 1 aromatic rings. The number of nitrogens with two attached hydrogens (primary N) is 1. The fraction of sp³-hybridized carbons (Fsp3) is 0.357. The monoisotopic (exact) mass is 245 g/mol. The molecule has 0 aliphatic carbocycles. The van der Waals surface area contributed by atoms with Gasteiger partial charge in [-0.1, -0.05) is 36.3 Å². The summed E-state index contributed by atoms with van der Waals surface area (Å²) in [6, 6.07) is 9.99. The van der Waals surface area contributed by atoms with Crippen LogP contribution in [-0.4, -0.2) is 37.0 Å². The summed E-state index contributed by atoms with van der Waals surface area (Å²) < 4.78 is 0. The van der Waals surface area contributed by atoms with Crippen molar-refractivity contribution in [3.05, 3.63) is 35.9 Å². The van der Waals surface area contributed by atoms with Crippen LogP contribution in [0.2, 0.25) is 0 Å². The van der Waals surface area contributed by atoms with Gasteiger partial charge in [-0.05, 0) is 5.56 Å². The molecule has 4 heteroatoms. The number of carbonyl (C=O) groups is 1. The van der Waals surface area contributed by atoms with Crippen molar-refractivity contribution in [2.24, 2.45) is 5.73 Å². The number of hydrogen-bond acceptors (Lipinski definition) is 3. The minimum absolute atomic E-state index is 0.0719. The van der Waals surface area contributed by atoms with Crippen molar-refractivity contribution in [2.45, 2.75) is 6.54 Å². The zero-order chi connectivity index (χ0) is 13.2. The largest absolute Gasteiger partial charge is 0.344 e. The molecule has 96 valence electrons. The lowest BCUT2D eigenvalue weighted by molar-refractivity contribution is -0.122. The molecular formula is C14H19N3O. The molecule has 0 radical (unpaired) electrons. The van der Waals surface area contributed by atoms with Crippen molar-refractivity contribution in [2.75, 3.05) is 26.2 Å². The molecule has 0 unspecified atom stereocenters. The predicted molar refractivity (Wildman–Crippen MR) is 72.6 cm³/mol. The van der Waals surface area contributed by atoms with Gasteiger partial charge in [0.1, 0.15) is 0 Å². The topological polar surface area (TPSA) is 58.4 Å². The van der Waals surface area contributed by atoms with Gasteiger partial charge in [0.15, 0.2) is 0 Å². The number of hydrogen-bond donors (Lipinski definition) is 2. The minimum atomic E-state index is -0.0719. The second-order valence-corrected chi connectivity index (χ2v) is 3.97. The summed E-state index contributed by atoms with van der Waals surface area (Å²) in [6.07, 6.45) is 5.09. The Balaban J connectivity index is 2.50. The summed E-state index contributed by atoms with van der Waals surface area (Å²) in [5, 5.41) is 2.65. The highest BCUT2D eigenvalue weighted by Crippen LogP contribution is 2.03. The van der Waals surface area contributed by atoms with Crippen LogP contribution >= 0.6 is 0 Å². The number of terminal acetylenes is 1. The third-order valence-electron chi connectivity index (χ3n) is 2.45. The Morgan fingerprint density at radius 3 is 2.72 bits per heavy atom. The number of rotatable bonds is 7. The molecule has 0 bridgehead atoms. The summed E-state index contributed by atoms with van der Waals surface area (Å²) in [6.45, 7) is 2.49. The van der Waals surface area contributed by atoms with Gasteiger partial charge >= 0.3 is 0 Å². The Bertz CT molecular complexity index is 397. The number of carbonyl (C=O) groups excluding carboxylic acids is 1. The van der Waals surface area contributed by atoms with E-state index in [1.807, 2.05) is 35.2 Å². The van der Waals surface area contributed by atoms with Crippen molar-refractivity contribution in [1.82, 2.24) is 10.2 Å². The molecule has 0 atom stereocenters. The fourth-order valence-corrected chi connectivity index (χ4v) is 1.65. The highest BCUT2D eigenvalue weighted by atomic mass is 16.2. The molecule has 0 aromatic heterocycles. The highest BCUT2D eigenvalue weighted by Gasteiger charge is 2.09. The average molecular weight is 245 g/mol. The second-order valence-electron chi connectivity index (χ2n) is 3.97. The first-order valence-electron chi connectivity index (χ1n) is 5.92. The van der Waals surface area contributed by atoms with Gasteiger partial charge in [0.25, 0.3) is 0 Å². The van der Waals surface area contributed by atoms with Crippen molar-refractivity contribution in [3.63, 3.8) is 0 Å². The first-order valence-corrected chi connectivity index (χ1v) is 5.92. The van der Waals surface area contributed by atoms with Crippen LogP contribution in [-0.2, 0) is 11.3 Å². The Hall–Kier alpha value is -1.83. The quantitative estimate of drug-likeness (QED) is 0.675.